The molecule has 1 aliphatic heterocycles. The number of β-amino-alcohol motifs (C(OH)–C–C–N with tert-alkyl or cyclic N) is 1. The topological polar surface area (TPSA) is 43.8 Å². The molecule has 0 bridgehead atoms. The van der Waals surface area contributed by atoms with Gasteiger partial charge < -0.3 is 14.9 Å². The summed E-state index contributed by atoms with van der Waals surface area (Å²) in [5.41, 5.74) is 0.602. The Balaban J connectivity index is 2.11. The summed E-state index contributed by atoms with van der Waals surface area (Å²) in [6, 6.07) is 0. The molecule has 4 nitrogen and oxygen atoms in total. The van der Waals surface area contributed by atoms with Crippen molar-refractivity contribution in [1.29, 1.82) is 0 Å². The number of carbonyl (C=O) groups is 1. The molecule has 1 aliphatic carbocycles. The van der Waals surface area contributed by atoms with E-state index in [0.29, 0.717) is 18.4 Å². The second-order valence-corrected chi connectivity index (χ2v) is 8.39. The molecule has 2 rings (SSSR count). The van der Waals surface area contributed by atoms with E-state index in [-0.39, 0.29) is 5.41 Å². The number of amides is 1. The fourth-order valence-electron chi connectivity index (χ4n) is 5.21. The number of hydrogen-bond donors (Lipinski definition) is 1. The van der Waals surface area contributed by atoms with Gasteiger partial charge in [-0.1, -0.05) is 50.6 Å². The molecule has 0 aromatic carbocycles. The van der Waals surface area contributed by atoms with Crippen LogP contribution >= 0.6 is 0 Å². The van der Waals surface area contributed by atoms with Crippen LogP contribution in [0.15, 0.2) is 37.0 Å². The fraction of sp³-hybridized carbons (Fsp3) is 0.708. The van der Waals surface area contributed by atoms with Gasteiger partial charge in [0.25, 0.3) is 0 Å². The van der Waals surface area contributed by atoms with Gasteiger partial charge in [0.15, 0.2) is 0 Å². The van der Waals surface area contributed by atoms with E-state index in [1.54, 1.807) is 12.2 Å². The van der Waals surface area contributed by atoms with Crippen molar-refractivity contribution in [2.75, 3.05) is 32.7 Å². The number of likely N-dealkylation sites (tertiary alicyclic amines) is 1. The Kier molecular flexibility index (Phi) is 8.97. The van der Waals surface area contributed by atoms with Crippen LogP contribution in [0, 0.1) is 11.3 Å². The zero-order valence-electron chi connectivity index (χ0n) is 18.0. The molecule has 1 heterocycles. The van der Waals surface area contributed by atoms with Crippen molar-refractivity contribution in [3.63, 3.8) is 0 Å². The van der Waals surface area contributed by atoms with E-state index < -0.39 is 6.10 Å². The van der Waals surface area contributed by atoms with Crippen LogP contribution in [0.25, 0.3) is 0 Å². The molecular weight excluding hydrogens is 348 g/mol. The van der Waals surface area contributed by atoms with Crippen LogP contribution in [-0.4, -0.2) is 59.6 Å². The van der Waals surface area contributed by atoms with Crippen molar-refractivity contribution in [2.45, 2.75) is 64.9 Å². The summed E-state index contributed by atoms with van der Waals surface area (Å²) in [5.74, 6) is 0.897. The summed E-state index contributed by atoms with van der Waals surface area (Å²) in [6.45, 7) is 15.6. The molecule has 2 aliphatic rings. The van der Waals surface area contributed by atoms with Crippen LogP contribution in [0.2, 0.25) is 0 Å². The van der Waals surface area contributed by atoms with Crippen molar-refractivity contribution < 1.29 is 9.90 Å². The van der Waals surface area contributed by atoms with E-state index in [2.05, 4.69) is 31.9 Å². The first-order valence-corrected chi connectivity index (χ1v) is 11.2. The number of nitrogens with zero attached hydrogens (tertiary/aromatic N) is 2. The summed E-state index contributed by atoms with van der Waals surface area (Å²) in [4.78, 5) is 17.9. The third-order valence-corrected chi connectivity index (χ3v) is 6.97. The molecule has 0 aromatic heterocycles. The Hall–Kier alpha value is -1.39. The molecule has 4 heteroatoms. The van der Waals surface area contributed by atoms with Crippen LogP contribution in [0.1, 0.15) is 58.8 Å². The predicted octanol–water partition coefficient (Wildman–Crippen LogP) is 4.18. The highest BCUT2D eigenvalue weighted by Gasteiger charge is 2.48. The lowest BCUT2D eigenvalue weighted by Gasteiger charge is -2.48. The standard InChI is InChI=1S/C24H40N2O2/c1-5-12-20(6-2)22(27)19-25-17-15-24(16-18-25,21-13-10-9-11-14-21)23(28)26(7-3)8-4/h5-6,12,21-22,27H,1-2,7-11,13-19H2,3-4H3/b20-12+. The van der Waals surface area contributed by atoms with Crippen molar-refractivity contribution in [3.05, 3.63) is 37.0 Å². The maximum absolute atomic E-state index is 13.6. The highest BCUT2D eigenvalue weighted by molar-refractivity contribution is 5.83. The van der Waals surface area contributed by atoms with Crippen LogP contribution in [0.3, 0.4) is 0 Å². The van der Waals surface area contributed by atoms with E-state index in [9.17, 15) is 9.90 Å². The minimum atomic E-state index is -0.559. The Morgan fingerprint density at radius 2 is 1.79 bits per heavy atom. The number of piperidine rings is 1. The third-order valence-electron chi connectivity index (χ3n) is 6.97. The van der Waals surface area contributed by atoms with Gasteiger partial charge in [-0.15, -0.1) is 0 Å². The predicted molar refractivity (Wildman–Crippen MR) is 117 cm³/mol. The van der Waals surface area contributed by atoms with Crippen molar-refractivity contribution in [1.82, 2.24) is 9.80 Å². The lowest BCUT2D eigenvalue weighted by molar-refractivity contribution is -0.150. The summed E-state index contributed by atoms with van der Waals surface area (Å²) < 4.78 is 0. The Labute approximate surface area is 172 Å². The number of carbonyl (C=O) groups excluding carboxylic acids is 1. The average Bonchev–Trinajstić information content (AvgIpc) is 2.74. The molecule has 1 atom stereocenters. The Bertz CT molecular complexity index is 551. The van der Waals surface area contributed by atoms with Crippen LogP contribution in [-0.2, 0) is 4.79 Å². The largest absolute Gasteiger partial charge is 0.387 e. The van der Waals surface area contributed by atoms with E-state index in [1.165, 1.54) is 32.1 Å². The number of hydrogen-bond acceptors (Lipinski definition) is 3. The lowest BCUT2D eigenvalue weighted by Crippen LogP contribution is -2.54. The smallest absolute Gasteiger partial charge is 0.229 e. The Morgan fingerprint density at radius 1 is 1.18 bits per heavy atom. The number of rotatable bonds is 9. The highest BCUT2D eigenvalue weighted by Crippen LogP contribution is 2.47. The van der Waals surface area contributed by atoms with Gasteiger partial charge in [-0.2, -0.15) is 0 Å². The molecule has 1 N–H and O–H groups in total. The SMILES string of the molecule is C=C/C=C(\C=C)C(O)CN1CCC(C(=O)N(CC)CC)(C2CCCCC2)CC1. The van der Waals surface area contributed by atoms with E-state index >= 15 is 0 Å². The molecule has 1 unspecified atom stereocenters. The van der Waals surface area contributed by atoms with Crippen LogP contribution < -0.4 is 0 Å². The van der Waals surface area contributed by atoms with Crippen LogP contribution in [0.5, 0.6) is 0 Å². The number of allylic oxidation sites excluding steroid dienone is 2. The normalized spacial score (nSPS) is 22.5. The summed E-state index contributed by atoms with van der Waals surface area (Å²) >= 11 is 0. The maximum Gasteiger partial charge on any atom is 0.229 e. The zero-order valence-corrected chi connectivity index (χ0v) is 18.0. The van der Waals surface area contributed by atoms with Crippen molar-refractivity contribution in [3.8, 4) is 0 Å². The van der Waals surface area contributed by atoms with Gasteiger partial charge in [-0.3, -0.25) is 4.79 Å². The first-order chi connectivity index (χ1) is 13.5. The first kappa shape index (κ1) is 22.9. The fourth-order valence-corrected chi connectivity index (χ4v) is 5.21. The van der Waals surface area contributed by atoms with Gasteiger partial charge in [0.2, 0.25) is 5.91 Å². The van der Waals surface area contributed by atoms with Gasteiger partial charge in [0, 0.05) is 19.6 Å². The lowest BCUT2D eigenvalue weighted by atomic mass is 9.63. The average molecular weight is 389 g/mol. The number of aliphatic hydroxyl groups excluding tert-OH is 1. The molecule has 1 saturated heterocycles. The summed E-state index contributed by atoms with van der Waals surface area (Å²) in [7, 11) is 0. The minimum Gasteiger partial charge on any atom is -0.387 e. The quantitative estimate of drug-likeness (QED) is 0.603. The van der Waals surface area contributed by atoms with Gasteiger partial charge >= 0.3 is 0 Å². The Morgan fingerprint density at radius 3 is 2.29 bits per heavy atom. The van der Waals surface area contributed by atoms with E-state index in [0.717, 1.165) is 44.6 Å². The highest BCUT2D eigenvalue weighted by atomic mass is 16.3. The summed E-state index contributed by atoms with van der Waals surface area (Å²) in [6.07, 6.45) is 12.7. The molecule has 1 amide bonds. The monoisotopic (exact) mass is 388 g/mol. The molecule has 0 radical (unpaired) electrons. The van der Waals surface area contributed by atoms with Crippen LogP contribution in [0.4, 0.5) is 0 Å². The van der Waals surface area contributed by atoms with Gasteiger partial charge in [-0.25, -0.2) is 0 Å². The summed E-state index contributed by atoms with van der Waals surface area (Å²) in [5, 5.41) is 10.5. The van der Waals surface area contributed by atoms with Gasteiger partial charge in [0.05, 0.1) is 11.5 Å². The molecule has 158 valence electrons. The minimum absolute atomic E-state index is 0.202. The van der Waals surface area contributed by atoms with Crippen molar-refractivity contribution >= 4 is 5.91 Å². The molecule has 28 heavy (non-hydrogen) atoms. The van der Waals surface area contributed by atoms with E-state index in [1.807, 2.05) is 11.0 Å². The molecular formula is C24H40N2O2. The van der Waals surface area contributed by atoms with Gasteiger partial charge in [0.1, 0.15) is 0 Å². The zero-order chi connectivity index (χ0) is 20.6. The molecule has 2 fully saturated rings. The first-order valence-electron chi connectivity index (χ1n) is 11.2. The maximum atomic E-state index is 13.6. The van der Waals surface area contributed by atoms with E-state index in [4.69, 9.17) is 0 Å². The molecule has 0 spiro atoms. The third kappa shape index (κ3) is 5.15. The number of aliphatic hydroxyl groups is 1. The second-order valence-electron chi connectivity index (χ2n) is 8.39. The second kappa shape index (κ2) is 11.0. The molecule has 0 aromatic rings. The van der Waals surface area contributed by atoms with Gasteiger partial charge in [-0.05, 0) is 64.1 Å². The molecule has 1 saturated carbocycles. The van der Waals surface area contributed by atoms with Crippen molar-refractivity contribution in [2.24, 2.45) is 11.3 Å².